The number of sulfonamides is 1. The van der Waals surface area contributed by atoms with Gasteiger partial charge in [-0.2, -0.15) is 13.2 Å². The zero-order chi connectivity index (χ0) is 16.1. The zero-order valence-corrected chi connectivity index (χ0v) is 12.2. The number of hydrogen-bond acceptors (Lipinski definition) is 5. The van der Waals surface area contributed by atoms with Gasteiger partial charge in [-0.25, -0.2) is 18.5 Å². The second-order valence-electron chi connectivity index (χ2n) is 4.34. The standard InChI is InChI=1S/C11H17F3N4O2S/c1-2-3-16-9-6-8(11(12,13)14)7-10(18-9)17-4-5-21(15,19)20/h6-7H,2-5H2,1H3,(H2,15,19,20)(H2,16,17,18). The van der Waals surface area contributed by atoms with Crippen LogP contribution in [-0.2, 0) is 16.2 Å². The van der Waals surface area contributed by atoms with Crippen LogP contribution in [0.5, 0.6) is 0 Å². The van der Waals surface area contributed by atoms with Crippen molar-refractivity contribution in [3.05, 3.63) is 17.7 Å². The van der Waals surface area contributed by atoms with Gasteiger partial charge in [0.05, 0.1) is 11.3 Å². The molecule has 0 radical (unpaired) electrons. The molecule has 1 rings (SSSR count). The Morgan fingerprint density at radius 2 is 1.71 bits per heavy atom. The van der Waals surface area contributed by atoms with Crippen LogP contribution in [0.3, 0.4) is 0 Å². The minimum Gasteiger partial charge on any atom is -0.370 e. The highest BCUT2D eigenvalue weighted by molar-refractivity contribution is 7.89. The molecule has 0 amide bonds. The number of anilines is 2. The molecule has 0 saturated carbocycles. The van der Waals surface area contributed by atoms with Gasteiger partial charge in [-0.1, -0.05) is 6.92 Å². The van der Waals surface area contributed by atoms with Crippen LogP contribution in [0.4, 0.5) is 24.8 Å². The first kappa shape index (κ1) is 17.5. The van der Waals surface area contributed by atoms with Crippen molar-refractivity contribution in [2.75, 3.05) is 29.5 Å². The average molecular weight is 326 g/mol. The van der Waals surface area contributed by atoms with Crippen molar-refractivity contribution < 1.29 is 21.6 Å². The minimum atomic E-state index is -4.51. The summed E-state index contributed by atoms with van der Waals surface area (Å²) in [6.45, 7) is 2.22. The lowest BCUT2D eigenvalue weighted by atomic mass is 10.2. The maximum atomic E-state index is 12.8. The molecule has 21 heavy (non-hydrogen) atoms. The Kier molecular flexibility index (Phi) is 5.78. The predicted octanol–water partition coefficient (Wildman–Crippen LogP) is 1.62. The fourth-order valence-electron chi connectivity index (χ4n) is 1.45. The van der Waals surface area contributed by atoms with Crippen molar-refractivity contribution in [3.8, 4) is 0 Å². The summed E-state index contributed by atoms with van der Waals surface area (Å²) in [5.41, 5.74) is -0.866. The van der Waals surface area contributed by atoms with E-state index in [0.29, 0.717) is 6.54 Å². The highest BCUT2D eigenvalue weighted by atomic mass is 32.2. The Balaban J connectivity index is 2.91. The molecule has 1 heterocycles. The predicted molar refractivity (Wildman–Crippen MR) is 74.5 cm³/mol. The van der Waals surface area contributed by atoms with Crippen LogP contribution in [0.1, 0.15) is 18.9 Å². The van der Waals surface area contributed by atoms with Crippen LogP contribution in [0.25, 0.3) is 0 Å². The molecule has 0 aromatic carbocycles. The maximum absolute atomic E-state index is 12.8. The van der Waals surface area contributed by atoms with Gasteiger partial charge in [0.25, 0.3) is 0 Å². The summed E-state index contributed by atoms with van der Waals surface area (Å²) in [5, 5.41) is 10.1. The fourth-order valence-corrected chi connectivity index (χ4v) is 1.84. The minimum absolute atomic E-state index is 0.0629. The van der Waals surface area contributed by atoms with E-state index in [0.717, 1.165) is 18.6 Å². The molecule has 0 spiro atoms. The molecule has 0 bridgehead atoms. The summed E-state index contributed by atoms with van der Waals surface area (Å²) in [7, 11) is -3.69. The first-order chi connectivity index (χ1) is 9.62. The van der Waals surface area contributed by atoms with Gasteiger partial charge in [0.2, 0.25) is 10.0 Å². The molecule has 0 aliphatic heterocycles. The molecule has 0 atom stereocenters. The number of primary sulfonamides is 1. The van der Waals surface area contributed by atoms with Crippen molar-refractivity contribution in [1.29, 1.82) is 0 Å². The van der Waals surface area contributed by atoms with Gasteiger partial charge < -0.3 is 10.6 Å². The average Bonchev–Trinajstić information content (AvgIpc) is 2.33. The third-order valence-corrected chi connectivity index (χ3v) is 3.17. The van der Waals surface area contributed by atoms with E-state index in [1.165, 1.54) is 0 Å². The topological polar surface area (TPSA) is 97.1 Å². The lowest BCUT2D eigenvalue weighted by Crippen LogP contribution is -2.23. The SMILES string of the molecule is CCCNc1cc(C(F)(F)F)cc(NCCS(N)(=O)=O)n1. The number of nitrogens with zero attached hydrogens (tertiary/aromatic N) is 1. The smallest absolute Gasteiger partial charge is 0.370 e. The number of nitrogens with two attached hydrogens (primary N) is 1. The van der Waals surface area contributed by atoms with Gasteiger partial charge in [0.15, 0.2) is 0 Å². The van der Waals surface area contributed by atoms with Crippen molar-refractivity contribution in [1.82, 2.24) is 4.98 Å². The molecule has 10 heteroatoms. The van der Waals surface area contributed by atoms with E-state index in [1.807, 2.05) is 6.92 Å². The summed E-state index contributed by atoms with van der Waals surface area (Å²) in [6, 6.07) is 1.72. The summed E-state index contributed by atoms with van der Waals surface area (Å²) in [5.74, 6) is -0.389. The molecular formula is C11H17F3N4O2S. The first-order valence-corrected chi connectivity index (χ1v) is 7.91. The van der Waals surface area contributed by atoms with E-state index in [-0.39, 0.29) is 18.2 Å². The third kappa shape index (κ3) is 6.63. The number of pyridine rings is 1. The first-order valence-electron chi connectivity index (χ1n) is 6.19. The number of hydrogen-bond donors (Lipinski definition) is 3. The van der Waals surface area contributed by atoms with E-state index in [9.17, 15) is 21.6 Å². The molecule has 6 nitrogen and oxygen atoms in total. The van der Waals surface area contributed by atoms with E-state index < -0.39 is 27.5 Å². The van der Waals surface area contributed by atoms with Crippen LogP contribution in [0, 0.1) is 0 Å². The Morgan fingerprint density at radius 1 is 1.19 bits per heavy atom. The largest absolute Gasteiger partial charge is 0.416 e. The number of alkyl halides is 3. The van der Waals surface area contributed by atoms with Crippen LogP contribution in [0.2, 0.25) is 0 Å². The molecule has 120 valence electrons. The fraction of sp³-hybridized carbons (Fsp3) is 0.545. The summed E-state index contributed by atoms with van der Waals surface area (Å²) >= 11 is 0. The Morgan fingerprint density at radius 3 is 2.14 bits per heavy atom. The molecule has 1 aromatic rings. The zero-order valence-electron chi connectivity index (χ0n) is 11.4. The lowest BCUT2D eigenvalue weighted by Gasteiger charge is -2.13. The Hall–Kier alpha value is -1.55. The normalized spacial score (nSPS) is 12.2. The maximum Gasteiger partial charge on any atom is 0.416 e. The van der Waals surface area contributed by atoms with E-state index in [1.54, 1.807) is 0 Å². The molecule has 0 fully saturated rings. The van der Waals surface area contributed by atoms with Gasteiger partial charge in [0, 0.05) is 13.1 Å². The quantitative estimate of drug-likeness (QED) is 0.707. The summed E-state index contributed by atoms with van der Waals surface area (Å²) < 4.78 is 59.9. The van der Waals surface area contributed by atoms with Gasteiger partial charge >= 0.3 is 6.18 Å². The molecule has 0 unspecified atom stereocenters. The van der Waals surface area contributed by atoms with Crippen LogP contribution >= 0.6 is 0 Å². The highest BCUT2D eigenvalue weighted by Gasteiger charge is 2.31. The van der Waals surface area contributed by atoms with E-state index in [2.05, 4.69) is 15.6 Å². The number of halogens is 3. The van der Waals surface area contributed by atoms with Gasteiger partial charge in [-0.05, 0) is 18.6 Å². The van der Waals surface area contributed by atoms with Crippen molar-refractivity contribution in [2.45, 2.75) is 19.5 Å². The molecule has 4 N–H and O–H groups in total. The number of aromatic nitrogens is 1. The van der Waals surface area contributed by atoms with Gasteiger partial charge in [-0.15, -0.1) is 0 Å². The van der Waals surface area contributed by atoms with Crippen LogP contribution in [0.15, 0.2) is 12.1 Å². The lowest BCUT2D eigenvalue weighted by molar-refractivity contribution is -0.137. The monoisotopic (exact) mass is 326 g/mol. The molecule has 0 aliphatic carbocycles. The molecular weight excluding hydrogens is 309 g/mol. The van der Waals surface area contributed by atoms with Crippen LogP contribution < -0.4 is 15.8 Å². The van der Waals surface area contributed by atoms with Crippen LogP contribution in [-0.4, -0.2) is 32.2 Å². The highest BCUT2D eigenvalue weighted by Crippen LogP contribution is 2.32. The van der Waals surface area contributed by atoms with Crippen molar-refractivity contribution in [3.63, 3.8) is 0 Å². The summed E-state index contributed by atoms with van der Waals surface area (Å²) in [6.07, 6.45) is -3.78. The van der Waals surface area contributed by atoms with Gasteiger partial charge in [0.1, 0.15) is 11.6 Å². The third-order valence-electron chi connectivity index (χ3n) is 2.40. The number of nitrogens with one attached hydrogen (secondary N) is 2. The molecule has 0 aliphatic rings. The second-order valence-corrected chi connectivity index (χ2v) is 6.08. The van der Waals surface area contributed by atoms with E-state index >= 15 is 0 Å². The molecule has 0 saturated heterocycles. The number of rotatable bonds is 7. The van der Waals surface area contributed by atoms with E-state index in [4.69, 9.17) is 5.14 Å². The second kappa shape index (κ2) is 6.94. The Bertz CT molecular complexity index is 575. The molecule has 1 aromatic heterocycles. The Labute approximate surface area is 121 Å². The van der Waals surface area contributed by atoms with Crippen molar-refractivity contribution in [2.24, 2.45) is 5.14 Å². The summed E-state index contributed by atoms with van der Waals surface area (Å²) in [4.78, 5) is 3.95. The van der Waals surface area contributed by atoms with Gasteiger partial charge in [-0.3, -0.25) is 0 Å². The van der Waals surface area contributed by atoms with Crippen molar-refractivity contribution >= 4 is 21.7 Å².